The first-order chi connectivity index (χ1) is 7.74. The van der Waals surface area contributed by atoms with E-state index in [-0.39, 0.29) is 12.1 Å². The van der Waals surface area contributed by atoms with Gasteiger partial charge < -0.3 is 4.74 Å². The maximum atomic E-state index is 11.1. The molecule has 0 aromatic carbocycles. The molecule has 2 heteroatoms. The van der Waals surface area contributed by atoms with Crippen LogP contribution in [-0.2, 0) is 9.53 Å². The molecule has 7 unspecified atom stereocenters. The summed E-state index contributed by atoms with van der Waals surface area (Å²) in [6, 6.07) is 0. The van der Waals surface area contributed by atoms with Gasteiger partial charge in [-0.2, -0.15) is 0 Å². The number of hydrogen-bond acceptors (Lipinski definition) is 2. The van der Waals surface area contributed by atoms with E-state index in [4.69, 9.17) is 4.74 Å². The second-order valence-electron chi connectivity index (χ2n) is 6.15. The minimum absolute atomic E-state index is 0.0900. The number of ether oxygens (including phenoxy) is 1. The summed E-state index contributed by atoms with van der Waals surface area (Å²) in [5.74, 6) is 4.89. The van der Waals surface area contributed by atoms with Crippen LogP contribution in [0.5, 0.6) is 0 Å². The molecule has 0 radical (unpaired) electrons. The fourth-order valence-corrected chi connectivity index (χ4v) is 5.30. The van der Waals surface area contributed by atoms with Gasteiger partial charge in [0.15, 0.2) is 0 Å². The van der Waals surface area contributed by atoms with Crippen molar-refractivity contribution < 1.29 is 9.53 Å². The minimum atomic E-state index is -0.0900. The third-order valence-corrected chi connectivity index (χ3v) is 5.53. The molecule has 4 aliphatic rings. The summed E-state index contributed by atoms with van der Waals surface area (Å²) in [6.45, 7) is 1.55. The lowest BCUT2D eigenvalue weighted by molar-refractivity contribution is -0.150. The number of allylic oxidation sites excluding steroid dienone is 2. The fourth-order valence-electron chi connectivity index (χ4n) is 5.30. The average Bonchev–Trinajstić information content (AvgIpc) is 2.93. The van der Waals surface area contributed by atoms with Crippen LogP contribution in [0.15, 0.2) is 12.2 Å². The van der Waals surface area contributed by atoms with Gasteiger partial charge in [-0.25, -0.2) is 0 Å². The number of rotatable bonds is 1. The van der Waals surface area contributed by atoms with Crippen molar-refractivity contribution in [1.82, 2.24) is 0 Å². The van der Waals surface area contributed by atoms with Crippen molar-refractivity contribution in [1.29, 1.82) is 0 Å². The zero-order valence-corrected chi connectivity index (χ0v) is 9.63. The Labute approximate surface area is 96.0 Å². The lowest BCUT2D eigenvalue weighted by Crippen LogP contribution is -2.35. The van der Waals surface area contributed by atoms with Crippen molar-refractivity contribution in [3.63, 3.8) is 0 Å². The Morgan fingerprint density at radius 2 is 1.88 bits per heavy atom. The molecule has 0 aliphatic heterocycles. The first kappa shape index (κ1) is 9.26. The maximum absolute atomic E-state index is 11.1. The van der Waals surface area contributed by atoms with Crippen molar-refractivity contribution in [2.24, 2.45) is 35.5 Å². The second kappa shape index (κ2) is 2.91. The molecule has 4 bridgehead atoms. The Bertz CT molecular complexity index is 373. The number of esters is 1. The SMILES string of the molecule is CC(=O)OC1CC2CC1C1C3C=CC(C3)C21. The van der Waals surface area contributed by atoms with Gasteiger partial charge in [-0.15, -0.1) is 0 Å². The monoisotopic (exact) mass is 218 g/mol. The Morgan fingerprint density at radius 1 is 1.12 bits per heavy atom. The summed E-state index contributed by atoms with van der Waals surface area (Å²) in [4.78, 5) is 11.1. The van der Waals surface area contributed by atoms with Gasteiger partial charge in [0, 0.05) is 6.92 Å². The Hall–Kier alpha value is -0.790. The molecule has 0 aromatic heterocycles. The van der Waals surface area contributed by atoms with E-state index in [0.29, 0.717) is 5.92 Å². The predicted octanol–water partition coefficient (Wildman–Crippen LogP) is 2.40. The van der Waals surface area contributed by atoms with Gasteiger partial charge in [-0.3, -0.25) is 4.79 Å². The van der Waals surface area contributed by atoms with E-state index >= 15 is 0 Å². The summed E-state index contributed by atoms with van der Waals surface area (Å²) >= 11 is 0. The molecule has 7 atom stereocenters. The normalized spacial score (nSPS) is 55.7. The zero-order valence-electron chi connectivity index (χ0n) is 9.63. The lowest BCUT2D eigenvalue weighted by atomic mass is 9.72. The molecular formula is C14H18O2. The average molecular weight is 218 g/mol. The van der Waals surface area contributed by atoms with E-state index in [2.05, 4.69) is 12.2 Å². The largest absolute Gasteiger partial charge is 0.462 e. The van der Waals surface area contributed by atoms with Crippen molar-refractivity contribution >= 4 is 5.97 Å². The Kier molecular flexibility index (Phi) is 1.68. The molecule has 0 heterocycles. The van der Waals surface area contributed by atoms with Gasteiger partial charge in [-0.1, -0.05) is 12.2 Å². The van der Waals surface area contributed by atoms with E-state index in [1.807, 2.05) is 0 Å². The Balaban J connectivity index is 1.61. The number of carbonyl (C=O) groups is 1. The molecule has 0 aromatic rings. The number of hydrogen-bond donors (Lipinski definition) is 0. The van der Waals surface area contributed by atoms with E-state index in [0.717, 1.165) is 36.0 Å². The second-order valence-corrected chi connectivity index (χ2v) is 6.15. The zero-order chi connectivity index (χ0) is 10.9. The van der Waals surface area contributed by atoms with Crippen LogP contribution >= 0.6 is 0 Å². The third kappa shape index (κ3) is 1.01. The van der Waals surface area contributed by atoms with Gasteiger partial charge in [-0.05, 0) is 54.8 Å². The summed E-state index contributed by atoms with van der Waals surface area (Å²) in [6.07, 6.45) is 8.97. The van der Waals surface area contributed by atoms with Crippen molar-refractivity contribution in [3.8, 4) is 0 Å². The predicted molar refractivity (Wildman–Crippen MR) is 59.5 cm³/mol. The smallest absolute Gasteiger partial charge is 0.302 e. The van der Waals surface area contributed by atoms with Gasteiger partial charge in [0.2, 0.25) is 0 Å². The lowest BCUT2D eigenvalue weighted by Gasteiger charge is -2.36. The molecule has 0 saturated heterocycles. The molecule has 4 rings (SSSR count). The standard InChI is InChI=1S/C14H18O2/c1-7(15)16-12-6-10-5-11(12)14-9-3-2-8(4-9)13(10)14/h2-3,8-14H,4-6H2,1H3. The van der Waals surface area contributed by atoms with Crippen LogP contribution < -0.4 is 0 Å². The van der Waals surface area contributed by atoms with Gasteiger partial charge in [0.25, 0.3) is 0 Å². The van der Waals surface area contributed by atoms with E-state index in [1.54, 1.807) is 6.92 Å². The molecular weight excluding hydrogens is 200 g/mol. The molecule has 0 N–H and O–H groups in total. The van der Waals surface area contributed by atoms with Crippen molar-refractivity contribution in [2.75, 3.05) is 0 Å². The first-order valence-corrected chi connectivity index (χ1v) is 6.59. The summed E-state index contributed by atoms with van der Waals surface area (Å²) in [5.41, 5.74) is 0. The van der Waals surface area contributed by atoms with Crippen LogP contribution in [0.3, 0.4) is 0 Å². The molecule has 16 heavy (non-hydrogen) atoms. The van der Waals surface area contributed by atoms with Crippen molar-refractivity contribution in [3.05, 3.63) is 12.2 Å². The highest BCUT2D eigenvalue weighted by Gasteiger charge is 2.61. The maximum Gasteiger partial charge on any atom is 0.302 e. The third-order valence-electron chi connectivity index (χ3n) is 5.53. The highest BCUT2D eigenvalue weighted by molar-refractivity contribution is 5.66. The van der Waals surface area contributed by atoms with Gasteiger partial charge in [0.1, 0.15) is 6.10 Å². The van der Waals surface area contributed by atoms with Crippen LogP contribution in [0, 0.1) is 35.5 Å². The fraction of sp³-hybridized carbons (Fsp3) is 0.786. The molecule has 3 saturated carbocycles. The van der Waals surface area contributed by atoms with Crippen LogP contribution in [0.1, 0.15) is 26.2 Å². The van der Waals surface area contributed by atoms with Gasteiger partial charge >= 0.3 is 5.97 Å². The molecule has 3 fully saturated rings. The summed E-state index contributed by atoms with van der Waals surface area (Å²) < 4.78 is 5.50. The van der Waals surface area contributed by atoms with Crippen LogP contribution in [0.2, 0.25) is 0 Å². The van der Waals surface area contributed by atoms with E-state index in [1.165, 1.54) is 12.8 Å². The van der Waals surface area contributed by atoms with Gasteiger partial charge in [0.05, 0.1) is 0 Å². The van der Waals surface area contributed by atoms with Crippen LogP contribution in [0.25, 0.3) is 0 Å². The van der Waals surface area contributed by atoms with Crippen LogP contribution in [0.4, 0.5) is 0 Å². The first-order valence-electron chi connectivity index (χ1n) is 6.59. The molecule has 0 spiro atoms. The van der Waals surface area contributed by atoms with E-state index < -0.39 is 0 Å². The van der Waals surface area contributed by atoms with Crippen LogP contribution in [-0.4, -0.2) is 12.1 Å². The minimum Gasteiger partial charge on any atom is -0.462 e. The number of fused-ring (bicyclic) bond motifs is 9. The highest BCUT2D eigenvalue weighted by Crippen LogP contribution is 2.65. The topological polar surface area (TPSA) is 26.3 Å². The molecule has 86 valence electrons. The summed E-state index contributed by atoms with van der Waals surface area (Å²) in [5, 5.41) is 0. The molecule has 0 amide bonds. The molecule has 4 aliphatic carbocycles. The number of carbonyl (C=O) groups excluding carboxylic acids is 1. The van der Waals surface area contributed by atoms with Crippen molar-refractivity contribution in [2.45, 2.75) is 32.3 Å². The Morgan fingerprint density at radius 3 is 2.62 bits per heavy atom. The quantitative estimate of drug-likeness (QED) is 0.384. The summed E-state index contributed by atoms with van der Waals surface area (Å²) in [7, 11) is 0. The highest BCUT2D eigenvalue weighted by atomic mass is 16.5. The van der Waals surface area contributed by atoms with E-state index in [9.17, 15) is 4.79 Å². The molecule has 2 nitrogen and oxygen atoms in total.